The molecule has 6 heteroatoms. The summed E-state index contributed by atoms with van der Waals surface area (Å²) in [6.45, 7) is 1.31. The molecule has 108 valence electrons. The van der Waals surface area contributed by atoms with Crippen molar-refractivity contribution >= 4 is 29.1 Å². The fraction of sp³-hybridized carbons (Fsp3) is 0.200. The van der Waals surface area contributed by atoms with Crippen LogP contribution in [0.1, 0.15) is 15.9 Å². The molecule has 1 aliphatic heterocycles. The van der Waals surface area contributed by atoms with Crippen molar-refractivity contribution in [3.05, 3.63) is 57.8 Å². The van der Waals surface area contributed by atoms with Crippen LogP contribution in [0.4, 0.5) is 0 Å². The number of amides is 1. The molecule has 4 nitrogen and oxygen atoms in total. The van der Waals surface area contributed by atoms with Crippen LogP contribution >= 0.6 is 23.2 Å². The lowest BCUT2D eigenvalue weighted by atomic mass is 10.1. The van der Waals surface area contributed by atoms with E-state index in [9.17, 15) is 4.79 Å². The monoisotopic (exact) mass is 322 g/mol. The number of carbonyl (C=O) groups excluding carboxylic acids is 1. The zero-order valence-corrected chi connectivity index (χ0v) is 12.6. The highest BCUT2D eigenvalue weighted by Crippen LogP contribution is 2.25. The number of halogens is 2. The maximum Gasteiger partial charge on any atom is 0.258 e. The van der Waals surface area contributed by atoms with E-state index in [0.29, 0.717) is 41.2 Å². The van der Waals surface area contributed by atoms with Gasteiger partial charge in [0.2, 0.25) is 0 Å². The van der Waals surface area contributed by atoms with E-state index in [1.165, 1.54) is 0 Å². The van der Waals surface area contributed by atoms with E-state index in [1.807, 2.05) is 12.1 Å². The van der Waals surface area contributed by atoms with Gasteiger partial charge in [0, 0.05) is 18.3 Å². The van der Waals surface area contributed by atoms with E-state index < -0.39 is 0 Å². The molecule has 1 aromatic carbocycles. The van der Waals surface area contributed by atoms with Crippen molar-refractivity contribution in [2.45, 2.75) is 6.54 Å². The van der Waals surface area contributed by atoms with Crippen molar-refractivity contribution in [3.8, 4) is 5.75 Å². The van der Waals surface area contributed by atoms with Crippen molar-refractivity contribution < 1.29 is 9.53 Å². The Kier molecular flexibility index (Phi) is 3.99. The van der Waals surface area contributed by atoms with Crippen LogP contribution in [0.2, 0.25) is 10.2 Å². The summed E-state index contributed by atoms with van der Waals surface area (Å²) in [5.74, 6) is 0.541. The number of carbonyl (C=O) groups is 1. The minimum absolute atomic E-state index is 0.0749. The van der Waals surface area contributed by atoms with Crippen LogP contribution in [-0.2, 0) is 6.54 Å². The van der Waals surface area contributed by atoms with E-state index >= 15 is 0 Å². The second-order valence-corrected chi connectivity index (χ2v) is 5.46. The van der Waals surface area contributed by atoms with Gasteiger partial charge in [-0.3, -0.25) is 4.79 Å². The summed E-state index contributed by atoms with van der Waals surface area (Å²) in [6.07, 6.45) is 1.59. The molecule has 0 bridgehead atoms. The summed E-state index contributed by atoms with van der Waals surface area (Å²) < 4.78 is 5.60. The number of hydrogen-bond acceptors (Lipinski definition) is 3. The first-order valence-electron chi connectivity index (χ1n) is 6.46. The van der Waals surface area contributed by atoms with Crippen molar-refractivity contribution in [1.29, 1.82) is 0 Å². The number of aromatic nitrogens is 1. The molecule has 0 fully saturated rings. The Morgan fingerprint density at radius 1 is 1.29 bits per heavy atom. The molecule has 0 unspecified atom stereocenters. The minimum Gasteiger partial charge on any atom is -0.491 e. The predicted molar refractivity (Wildman–Crippen MR) is 80.9 cm³/mol. The lowest BCUT2D eigenvalue weighted by molar-refractivity contribution is 0.0743. The normalized spacial score (nSPS) is 14.4. The number of fused-ring (bicyclic) bond motifs is 1. The molecular formula is C15H12Cl2N2O2. The second-order valence-electron chi connectivity index (χ2n) is 4.67. The first kappa shape index (κ1) is 14.2. The average molecular weight is 323 g/mol. The Morgan fingerprint density at radius 2 is 2.10 bits per heavy atom. The van der Waals surface area contributed by atoms with Gasteiger partial charge in [0.15, 0.2) is 0 Å². The van der Waals surface area contributed by atoms with E-state index in [1.54, 1.807) is 29.3 Å². The van der Waals surface area contributed by atoms with Gasteiger partial charge < -0.3 is 9.64 Å². The zero-order chi connectivity index (χ0) is 14.8. The van der Waals surface area contributed by atoms with Gasteiger partial charge in [-0.1, -0.05) is 35.3 Å². The number of ether oxygens (including phenoxy) is 1. The fourth-order valence-electron chi connectivity index (χ4n) is 2.22. The largest absolute Gasteiger partial charge is 0.491 e. The molecule has 1 amide bonds. The van der Waals surface area contributed by atoms with Crippen molar-refractivity contribution in [2.75, 3.05) is 13.2 Å². The Labute approximate surface area is 132 Å². The van der Waals surface area contributed by atoms with Crippen LogP contribution in [0.25, 0.3) is 0 Å². The standard InChI is InChI=1S/C15H12Cl2N2O2/c16-12-7-14(17)18-8-10(12)9-19-5-6-21-13-4-2-1-3-11(13)15(19)20/h1-4,7-8H,5-6,9H2. The summed E-state index contributed by atoms with van der Waals surface area (Å²) >= 11 is 11.9. The number of nitrogens with zero attached hydrogens (tertiary/aromatic N) is 2. The Morgan fingerprint density at radius 3 is 2.90 bits per heavy atom. The van der Waals surface area contributed by atoms with Crippen molar-refractivity contribution in [3.63, 3.8) is 0 Å². The molecule has 0 aliphatic carbocycles. The van der Waals surface area contributed by atoms with Crippen LogP contribution in [0.5, 0.6) is 5.75 Å². The number of hydrogen-bond donors (Lipinski definition) is 0. The summed E-state index contributed by atoms with van der Waals surface area (Å²) in [4.78, 5) is 18.3. The van der Waals surface area contributed by atoms with E-state index in [0.717, 1.165) is 5.56 Å². The van der Waals surface area contributed by atoms with E-state index in [-0.39, 0.29) is 5.91 Å². The molecule has 21 heavy (non-hydrogen) atoms. The summed E-state index contributed by atoms with van der Waals surface area (Å²) in [5.41, 5.74) is 1.32. The number of para-hydroxylation sites is 1. The Bertz CT molecular complexity index is 691. The molecule has 0 atom stereocenters. The molecule has 0 saturated heterocycles. The summed E-state index contributed by atoms with van der Waals surface area (Å²) in [7, 11) is 0. The molecule has 2 heterocycles. The molecule has 0 spiro atoms. The lowest BCUT2D eigenvalue weighted by Crippen LogP contribution is -2.32. The van der Waals surface area contributed by atoms with Crippen LogP contribution in [-0.4, -0.2) is 28.9 Å². The van der Waals surface area contributed by atoms with Crippen LogP contribution in [0.15, 0.2) is 36.5 Å². The highest BCUT2D eigenvalue weighted by Gasteiger charge is 2.23. The van der Waals surface area contributed by atoms with Crippen LogP contribution in [0.3, 0.4) is 0 Å². The van der Waals surface area contributed by atoms with Gasteiger partial charge in [-0.25, -0.2) is 4.98 Å². The smallest absolute Gasteiger partial charge is 0.258 e. The molecule has 0 radical (unpaired) electrons. The molecule has 2 aromatic rings. The third-order valence-corrected chi connectivity index (χ3v) is 3.84. The zero-order valence-electron chi connectivity index (χ0n) is 11.1. The average Bonchev–Trinajstić information content (AvgIpc) is 2.63. The number of benzene rings is 1. The van der Waals surface area contributed by atoms with Gasteiger partial charge in [0.1, 0.15) is 17.5 Å². The molecule has 1 aromatic heterocycles. The number of pyridine rings is 1. The quantitative estimate of drug-likeness (QED) is 0.795. The summed E-state index contributed by atoms with van der Waals surface area (Å²) in [6, 6.07) is 8.80. The van der Waals surface area contributed by atoms with E-state index in [4.69, 9.17) is 27.9 Å². The SMILES string of the molecule is O=C1c2ccccc2OCCN1Cc1cnc(Cl)cc1Cl. The molecule has 1 aliphatic rings. The maximum absolute atomic E-state index is 12.6. The van der Waals surface area contributed by atoms with E-state index in [2.05, 4.69) is 4.98 Å². The maximum atomic E-state index is 12.6. The highest BCUT2D eigenvalue weighted by molar-refractivity contribution is 6.34. The predicted octanol–water partition coefficient (Wildman–Crippen LogP) is 3.42. The van der Waals surface area contributed by atoms with Gasteiger partial charge in [0.25, 0.3) is 5.91 Å². The first-order chi connectivity index (χ1) is 10.1. The van der Waals surface area contributed by atoms with Gasteiger partial charge in [-0.05, 0) is 18.2 Å². The minimum atomic E-state index is -0.0749. The second kappa shape index (κ2) is 5.92. The molecular weight excluding hydrogens is 311 g/mol. The van der Waals surface area contributed by atoms with Gasteiger partial charge in [-0.2, -0.15) is 0 Å². The van der Waals surface area contributed by atoms with Gasteiger partial charge in [0.05, 0.1) is 17.1 Å². The Balaban J connectivity index is 1.87. The topological polar surface area (TPSA) is 42.4 Å². The Hall–Kier alpha value is -1.78. The summed E-state index contributed by atoms with van der Waals surface area (Å²) in [5, 5.41) is 0.834. The van der Waals surface area contributed by atoms with Crippen LogP contribution < -0.4 is 4.74 Å². The van der Waals surface area contributed by atoms with Gasteiger partial charge >= 0.3 is 0 Å². The van der Waals surface area contributed by atoms with Crippen molar-refractivity contribution in [1.82, 2.24) is 9.88 Å². The van der Waals surface area contributed by atoms with Crippen LogP contribution in [0, 0.1) is 0 Å². The highest BCUT2D eigenvalue weighted by atomic mass is 35.5. The number of rotatable bonds is 2. The molecule has 0 saturated carbocycles. The lowest BCUT2D eigenvalue weighted by Gasteiger charge is -2.20. The first-order valence-corrected chi connectivity index (χ1v) is 7.22. The third-order valence-electron chi connectivity index (χ3n) is 3.28. The fourth-order valence-corrected chi connectivity index (χ4v) is 2.64. The molecule has 0 N–H and O–H groups in total. The van der Waals surface area contributed by atoms with Crippen molar-refractivity contribution in [2.24, 2.45) is 0 Å². The molecule has 3 rings (SSSR count). The third kappa shape index (κ3) is 2.96. The van der Waals surface area contributed by atoms with Gasteiger partial charge in [-0.15, -0.1) is 0 Å².